The van der Waals surface area contributed by atoms with E-state index in [-0.39, 0.29) is 6.03 Å². The maximum absolute atomic E-state index is 12.1. The molecule has 4 rings (SSSR count). The molecule has 2 aromatic carbocycles. The third kappa shape index (κ3) is 4.43. The van der Waals surface area contributed by atoms with Gasteiger partial charge in [-0.15, -0.1) is 0 Å². The molecule has 0 unspecified atom stereocenters. The predicted octanol–water partition coefficient (Wildman–Crippen LogP) is 3.91. The van der Waals surface area contributed by atoms with Crippen molar-refractivity contribution in [1.29, 1.82) is 0 Å². The molecular formula is C23H23N5O. The van der Waals surface area contributed by atoms with Gasteiger partial charge in [0.2, 0.25) is 0 Å². The second-order valence-corrected chi connectivity index (χ2v) is 6.89. The normalized spacial score (nSPS) is 10.8. The van der Waals surface area contributed by atoms with Crippen LogP contribution in [0.3, 0.4) is 0 Å². The number of imidazole rings is 1. The Morgan fingerprint density at radius 3 is 2.55 bits per heavy atom. The van der Waals surface area contributed by atoms with Gasteiger partial charge in [0.25, 0.3) is 0 Å². The van der Waals surface area contributed by atoms with Crippen LogP contribution < -0.4 is 10.6 Å². The van der Waals surface area contributed by atoms with Crippen LogP contribution in [0.1, 0.15) is 11.1 Å². The highest BCUT2D eigenvalue weighted by molar-refractivity contribution is 5.77. The molecular weight excluding hydrogens is 362 g/mol. The summed E-state index contributed by atoms with van der Waals surface area (Å²) in [5.74, 6) is 0.852. The average Bonchev–Trinajstić information content (AvgIpc) is 3.12. The lowest BCUT2D eigenvalue weighted by Gasteiger charge is -2.11. The highest BCUT2D eigenvalue weighted by Gasteiger charge is 2.13. The highest BCUT2D eigenvalue weighted by Crippen LogP contribution is 2.23. The Labute approximate surface area is 169 Å². The molecule has 2 N–H and O–H groups in total. The van der Waals surface area contributed by atoms with Gasteiger partial charge in [-0.2, -0.15) is 0 Å². The second kappa shape index (κ2) is 8.56. The van der Waals surface area contributed by atoms with Crippen molar-refractivity contribution in [3.8, 4) is 11.4 Å². The van der Waals surface area contributed by atoms with E-state index < -0.39 is 0 Å². The topological polar surface area (TPSA) is 71.8 Å². The molecule has 29 heavy (non-hydrogen) atoms. The molecule has 0 aliphatic rings. The Hall–Kier alpha value is -3.67. The first-order valence-electron chi connectivity index (χ1n) is 9.64. The Bertz CT molecular complexity index is 1100. The zero-order valence-corrected chi connectivity index (χ0v) is 16.3. The molecule has 0 spiro atoms. The SMILES string of the molecule is Cc1ccc(-c2nc3cccnc3n2CCNC(=O)NCc2ccccc2)cc1. The fourth-order valence-corrected chi connectivity index (χ4v) is 3.22. The molecule has 0 fully saturated rings. The molecule has 0 saturated carbocycles. The number of nitrogens with zero attached hydrogens (tertiary/aromatic N) is 3. The molecule has 0 atom stereocenters. The van der Waals surface area contributed by atoms with Gasteiger partial charge in [0.15, 0.2) is 5.65 Å². The number of rotatable bonds is 6. The molecule has 0 radical (unpaired) electrons. The summed E-state index contributed by atoms with van der Waals surface area (Å²) in [6, 6.07) is 21.8. The fraction of sp³-hybridized carbons (Fsp3) is 0.174. The Kier molecular flexibility index (Phi) is 5.52. The van der Waals surface area contributed by atoms with Crippen LogP contribution in [-0.2, 0) is 13.1 Å². The first kappa shape index (κ1) is 18.7. The number of nitrogens with one attached hydrogen (secondary N) is 2. The number of fused-ring (bicyclic) bond motifs is 1. The van der Waals surface area contributed by atoms with E-state index in [9.17, 15) is 4.79 Å². The molecule has 6 nitrogen and oxygen atoms in total. The summed E-state index contributed by atoms with van der Waals surface area (Å²) in [5, 5.41) is 5.80. The number of hydrogen-bond donors (Lipinski definition) is 2. The van der Waals surface area contributed by atoms with Crippen LogP contribution in [0.4, 0.5) is 4.79 Å². The number of urea groups is 1. The van der Waals surface area contributed by atoms with Crippen LogP contribution in [0.2, 0.25) is 0 Å². The van der Waals surface area contributed by atoms with Gasteiger partial charge in [-0.3, -0.25) is 0 Å². The third-order valence-corrected chi connectivity index (χ3v) is 4.73. The first-order chi connectivity index (χ1) is 14.2. The number of hydrogen-bond acceptors (Lipinski definition) is 3. The average molecular weight is 385 g/mol. The van der Waals surface area contributed by atoms with Crippen molar-refractivity contribution >= 4 is 17.2 Å². The summed E-state index contributed by atoms with van der Waals surface area (Å²) < 4.78 is 2.05. The number of carbonyl (C=O) groups excluding carboxylic acids is 1. The van der Waals surface area contributed by atoms with Gasteiger partial charge in [0, 0.05) is 31.4 Å². The lowest BCUT2D eigenvalue weighted by Crippen LogP contribution is -2.36. The summed E-state index contributed by atoms with van der Waals surface area (Å²) >= 11 is 0. The number of aromatic nitrogens is 3. The summed E-state index contributed by atoms with van der Waals surface area (Å²) in [7, 11) is 0. The first-order valence-corrected chi connectivity index (χ1v) is 9.64. The number of benzene rings is 2. The van der Waals surface area contributed by atoms with E-state index in [2.05, 4.69) is 51.4 Å². The highest BCUT2D eigenvalue weighted by atomic mass is 16.2. The standard InChI is InChI=1S/C23H23N5O/c1-17-9-11-19(12-10-17)21-27-20-8-5-13-24-22(20)28(21)15-14-25-23(29)26-16-18-6-3-2-4-7-18/h2-13H,14-16H2,1H3,(H2,25,26,29). The van der Waals surface area contributed by atoms with Crippen LogP contribution in [0.15, 0.2) is 72.9 Å². The van der Waals surface area contributed by atoms with Crippen LogP contribution in [0.5, 0.6) is 0 Å². The van der Waals surface area contributed by atoms with E-state index in [0.717, 1.165) is 28.1 Å². The second-order valence-electron chi connectivity index (χ2n) is 6.89. The molecule has 0 saturated heterocycles. The van der Waals surface area contributed by atoms with Crippen LogP contribution >= 0.6 is 0 Å². The van der Waals surface area contributed by atoms with Crippen molar-refractivity contribution in [3.05, 3.63) is 84.1 Å². The summed E-state index contributed by atoms with van der Waals surface area (Å²) in [6.45, 7) is 3.61. The molecule has 0 aliphatic heterocycles. The fourth-order valence-electron chi connectivity index (χ4n) is 3.22. The lowest BCUT2D eigenvalue weighted by atomic mass is 10.1. The van der Waals surface area contributed by atoms with Gasteiger partial charge in [0.1, 0.15) is 11.3 Å². The zero-order valence-electron chi connectivity index (χ0n) is 16.3. The van der Waals surface area contributed by atoms with Gasteiger partial charge in [-0.25, -0.2) is 14.8 Å². The quantitative estimate of drug-likeness (QED) is 0.529. The molecule has 6 heteroatoms. The van der Waals surface area contributed by atoms with E-state index in [1.807, 2.05) is 42.5 Å². The Morgan fingerprint density at radius 2 is 1.76 bits per heavy atom. The summed E-state index contributed by atoms with van der Waals surface area (Å²) in [5.41, 5.74) is 4.95. The van der Waals surface area contributed by atoms with Crippen molar-refractivity contribution in [1.82, 2.24) is 25.2 Å². The molecule has 2 amide bonds. The zero-order chi connectivity index (χ0) is 20.1. The largest absolute Gasteiger partial charge is 0.336 e. The van der Waals surface area contributed by atoms with Crippen molar-refractivity contribution in [2.24, 2.45) is 0 Å². The maximum Gasteiger partial charge on any atom is 0.315 e. The maximum atomic E-state index is 12.1. The Morgan fingerprint density at radius 1 is 0.966 bits per heavy atom. The van der Waals surface area contributed by atoms with Crippen molar-refractivity contribution in [3.63, 3.8) is 0 Å². The summed E-state index contributed by atoms with van der Waals surface area (Å²) in [6.07, 6.45) is 1.76. The van der Waals surface area contributed by atoms with Crippen molar-refractivity contribution in [2.75, 3.05) is 6.54 Å². The van der Waals surface area contributed by atoms with Gasteiger partial charge in [-0.05, 0) is 24.6 Å². The minimum atomic E-state index is -0.192. The minimum absolute atomic E-state index is 0.192. The smallest absolute Gasteiger partial charge is 0.315 e. The molecule has 146 valence electrons. The molecule has 2 aromatic heterocycles. The molecule has 4 aromatic rings. The van der Waals surface area contributed by atoms with E-state index >= 15 is 0 Å². The van der Waals surface area contributed by atoms with Crippen molar-refractivity contribution in [2.45, 2.75) is 20.0 Å². The Balaban J connectivity index is 1.45. The molecule has 0 aliphatic carbocycles. The third-order valence-electron chi connectivity index (χ3n) is 4.73. The lowest BCUT2D eigenvalue weighted by molar-refractivity contribution is 0.240. The van der Waals surface area contributed by atoms with Gasteiger partial charge in [-0.1, -0.05) is 60.2 Å². The van der Waals surface area contributed by atoms with Gasteiger partial charge < -0.3 is 15.2 Å². The van der Waals surface area contributed by atoms with E-state index in [4.69, 9.17) is 4.98 Å². The van der Waals surface area contributed by atoms with Crippen LogP contribution in [-0.4, -0.2) is 27.1 Å². The minimum Gasteiger partial charge on any atom is -0.336 e. The van der Waals surface area contributed by atoms with E-state index in [1.54, 1.807) is 6.20 Å². The number of pyridine rings is 1. The number of aryl methyl sites for hydroxylation is 1. The molecule has 2 heterocycles. The van der Waals surface area contributed by atoms with Crippen LogP contribution in [0.25, 0.3) is 22.6 Å². The van der Waals surface area contributed by atoms with Gasteiger partial charge in [0.05, 0.1) is 0 Å². The van der Waals surface area contributed by atoms with Crippen LogP contribution in [0, 0.1) is 6.92 Å². The number of amides is 2. The van der Waals surface area contributed by atoms with E-state index in [0.29, 0.717) is 19.6 Å². The predicted molar refractivity (Wildman–Crippen MR) is 114 cm³/mol. The van der Waals surface area contributed by atoms with E-state index in [1.165, 1.54) is 5.56 Å². The number of carbonyl (C=O) groups is 1. The monoisotopic (exact) mass is 385 g/mol. The molecule has 0 bridgehead atoms. The summed E-state index contributed by atoms with van der Waals surface area (Å²) in [4.78, 5) is 21.4. The van der Waals surface area contributed by atoms with Crippen molar-refractivity contribution < 1.29 is 4.79 Å². The van der Waals surface area contributed by atoms with Gasteiger partial charge >= 0.3 is 6.03 Å².